The van der Waals surface area contributed by atoms with E-state index in [0.717, 1.165) is 0 Å². The molecule has 0 aromatic heterocycles. The van der Waals surface area contributed by atoms with Gasteiger partial charge in [0, 0.05) is 16.7 Å². The van der Waals surface area contributed by atoms with E-state index in [-0.39, 0.29) is 23.2 Å². The smallest absolute Gasteiger partial charge is 0.322 e. The van der Waals surface area contributed by atoms with Gasteiger partial charge in [-0.3, -0.25) is 20.9 Å². The van der Waals surface area contributed by atoms with Crippen LogP contribution in [-0.2, 0) is 4.79 Å². The molecule has 126 valence electrons. The fraction of sp³-hybridized carbons (Fsp3) is 0.0667. The van der Waals surface area contributed by atoms with Crippen LogP contribution in [0.1, 0.15) is 5.56 Å². The molecular weight excluding hydrogens is 357 g/mol. The lowest BCUT2D eigenvalue weighted by atomic mass is 10.2. The average Bonchev–Trinajstić information content (AvgIpc) is 2.55. The van der Waals surface area contributed by atoms with E-state index < -0.39 is 5.97 Å². The molecule has 9 heteroatoms. The van der Waals surface area contributed by atoms with Crippen LogP contribution in [0.25, 0.3) is 0 Å². The maximum Gasteiger partial charge on any atom is 0.322 e. The predicted molar refractivity (Wildman–Crippen MR) is 90.9 cm³/mol. The molecule has 0 unspecified atom stereocenters. The van der Waals surface area contributed by atoms with Gasteiger partial charge in [-0.2, -0.15) is 0 Å². The Morgan fingerprint density at radius 2 is 1.92 bits per heavy atom. The third-order valence-electron chi connectivity index (χ3n) is 2.93. The summed E-state index contributed by atoms with van der Waals surface area (Å²) in [5, 5.41) is 28.3. The van der Waals surface area contributed by atoms with Gasteiger partial charge in [-0.25, -0.2) is 0 Å². The zero-order chi connectivity index (χ0) is 17.7. The number of nitrogens with one attached hydrogen (secondary N) is 3. The maximum absolute atomic E-state index is 10.7. The Balaban J connectivity index is 2.28. The van der Waals surface area contributed by atoms with E-state index >= 15 is 0 Å². The fourth-order valence-corrected chi connectivity index (χ4v) is 2.20. The van der Waals surface area contributed by atoms with Gasteiger partial charge in [0.1, 0.15) is 18.1 Å². The number of rotatable bonds is 6. The van der Waals surface area contributed by atoms with Crippen LogP contribution < -0.4 is 15.5 Å². The number of anilines is 1. The normalized spacial score (nSPS) is 10.1. The lowest BCUT2D eigenvalue weighted by molar-refractivity contribution is -0.134. The van der Waals surface area contributed by atoms with Gasteiger partial charge >= 0.3 is 5.97 Å². The highest BCUT2D eigenvalue weighted by molar-refractivity contribution is 6.32. The van der Waals surface area contributed by atoms with Crippen LogP contribution in [0.4, 0.5) is 5.69 Å². The van der Waals surface area contributed by atoms with Crippen molar-refractivity contribution in [3.63, 3.8) is 0 Å². The molecule has 2 aromatic carbocycles. The molecule has 0 aliphatic rings. The molecule has 0 saturated heterocycles. The van der Waals surface area contributed by atoms with Crippen molar-refractivity contribution in [1.82, 2.24) is 5.48 Å². The summed E-state index contributed by atoms with van der Waals surface area (Å²) in [5.74, 6) is -0.649. The first-order chi connectivity index (χ1) is 11.4. The Labute approximate surface area is 147 Å². The molecule has 5 N–H and O–H groups in total. The van der Waals surface area contributed by atoms with Crippen molar-refractivity contribution < 1.29 is 19.8 Å². The van der Waals surface area contributed by atoms with Crippen molar-refractivity contribution in [3.05, 3.63) is 52.0 Å². The van der Waals surface area contributed by atoms with Gasteiger partial charge in [0.15, 0.2) is 5.75 Å². The molecule has 2 rings (SSSR count). The maximum atomic E-state index is 10.7. The number of benzene rings is 2. The summed E-state index contributed by atoms with van der Waals surface area (Å²) in [5.41, 5.74) is 2.52. The minimum atomic E-state index is -1.02. The molecule has 2 aromatic rings. The first kappa shape index (κ1) is 17.9. The number of hydrogen-bond donors (Lipinski definition) is 5. The van der Waals surface area contributed by atoms with Crippen molar-refractivity contribution in [1.29, 1.82) is 5.41 Å². The van der Waals surface area contributed by atoms with Gasteiger partial charge in [-0.15, -0.1) is 0 Å². The second-order valence-electron chi connectivity index (χ2n) is 4.62. The quantitative estimate of drug-likeness (QED) is 0.302. The molecule has 0 bridgehead atoms. The Bertz CT molecular complexity index is 783. The number of carboxylic acid groups (broad SMARTS) is 1. The third kappa shape index (κ3) is 4.51. The van der Waals surface area contributed by atoms with Crippen molar-refractivity contribution in [2.24, 2.45) is 0 Å². The van der Waals surface area contributed by atoms with Crippen LogP contribution in [0.15, 0.2) is 36.4 Å². The number of carboxylic acids is 1. The Kier molecular flexibility index (Phi) is 5.86. The molecule has 24 heavy (non-hydrogen) atoms. The van der Waals surface area contributed by atoms with Crippen LogP contribution in [0, 0.1) is 5.41 Å². The molecule has 0 fully saturated rings. The standard InChI is InChI=1S/C15H13Cl2N3O4/c16-9-2-3-11(19-7-14(21)22)13(6-9)24-12-4-1-8(5-10(12)17)15(18)20-23/h1-6,19,23H,7H2,(H2,18,20)(H,21,22). The van der Waals surface area contributed by atoms with E-state index in [1.54, 1.807) is 17.6 Å². The summed E-state index contributed by atoms with van der Waals surface area (Å²) < 4.78 is 5.70. The zero-order valence-electron chi connectivity index (χ0n) is 12.1. The average molecular weight is 370 g/mol. The summed E-state index contributed by atoms with van der Waals surface area (Å²) >= 11 is 12.1. The SMILES string of the molecule is N=C(NO)c1ccc(Oc2cc(Cl)ccc2NCC(=O)O)c(Cl)c1. The number of amidine groups is 1. The van der Waals surface area contributed by atoms with Crippen LogP contribution >= 0.6 is 23.2 Å². The van der Waals surface area contributed by atoms with Gasteiger partial charge in [0.2, 0.25) is 0 Å². The molecule has 0 heterocycles. The first-order valence-corrected chi connectivity index (χ1v) is 7.38. The molecule has 7 nitrogen and oxygen atoms in total. The van der Waals surface area contributed by atoms with Crippen LogP contribution in [0.5, 0.6) is 11.5 Å². The van der Waals surface area contributed by atoms with Gasteiger partial charge in [-0.05, 0) is 30.3 Å². The Morgan fingerprint density at radius 3 is 2.54 bits per heavy atom. The lowest BCUT2D eigenvalue weighted by Gasteiger charge is -2.14. The van der Waals surface area contributed by atoms with Crippen LogP contribution in [0.3, 0.4) is 0 Å². The van der Waals surface area contributed by atoms with E-state index in [9.17, 15) is 4.79 Å². The molecule has 0 radical (unpaired) electrons. The molecule has 0 aliphatic carbocycles. The Morgan fingerprint density at radius 1 is 1.17 bits per heavy atom. The largest absolute Gasteiger partial charge is 0.480 e. The van der Waals surface area contributed by atoms with Gasteiger partial charge in [-0.1, -0.05) is 23.2 Å². The van der Waals surface area contributed by atoms with E-state index in [4.69, 9.17) is 43.7 Å². The molecule has 0 aliphatic heterocycles. The second-order valence-corrected chi connectivity index (χ2v) is 5.47. The molecule has 0 atom stereocenters. The number of ether oxygens (including phenoxy) is 1. The van der Waals surface area contributed by atoms with Gasteiger partial charge in [0.25, 0.3) is 0 Å². The predicted octanol–water partition coefficient (Wildman–Crippen LogP) is 3.59. The third-order valence-corrected chi connectivity index (χ3v) is 3.46. The number of halogens is 2. The molecule has 0 spiro atoms. The molecular formula is C15H13Cl2N3O4. The summed E-state index contributed by atoms with van der Waals surface area (Å²) in [4.78, 5) is 10.7. The lowest BCUT2D eigenvalue weighted by Crippen LogP contribution is -2.18. The van der Waals surface area contributed by atoms with E-state index in [0.29, 0.717) is 22.0 Å². The van der Waals surface area contributed by atoms with Crippen LogP contribution in [-0.4, -0.2) is 28.7 Å². The number of hydrogen-bond acceptors (Lipinski definition) is 5. The minimum absolute atomic E-state index is 0.205. The van der Waals surface area contributed by atoms with E-state index in [2.05, 4.69) is 5.32 Å². The first-order valence-electron chi connectivity index (χ1n) is 6.62. The molecule has 0 saturated carbocycles. The summed E-state index contributed by atoms with van der Waals surface area (Å²) in [6.45, 7) is -0.288. The molecule has 0 amide bonds. The fourth-order valence-electron chi connectivity index (χ4n) is 1.82. The van der Waals surface area contributed by atoms with Crippen molar-refractivity contribution in [2.75, 3.05) is 11.9 Å². The van der Waals surface area contributed by atoms with Crippen molar-refractivity contribution in [3.8, 4) is 11.5 Å². The monoisotopic (exact) mass is 369 g/mol. The van der Waals surface area contributed by atoms with Gasteiger partial charge in [0.05, 0.1) is 10.7 Å². The Hall–Kier alpha value is -2.48. The van der Waals surface area contributed by atoms with Crippen molar-refractivity contribution in [2.45, 2.75) is 0 Å². The van der Waals surface area contributed by atoms with E-state index in [1.807, 2.05) is 0 Å². The summed E-state index contributed by atoms with van der Waals surface area (Å²) in [7, 11) is 0. The van der Waals surface area contributed by atoms with Crippen LogP contribution in [0.2, 0.25) is 10.0 Å². The summed E-state index contributed by atoms with van der Waals surface area (Å²) in [6, 6.07) is 9.20. The summed E-state index contributed by atoms with van der Waals surface area (Å²) in [6.07, 6.45) is 0. The van der Waals surface area contributed by atoms with E-state index in [1.165, 1.54) is 24.3 Å². The topological polar surface area (TPSA) is 115 Å². The van der Waals surface area contributed by atoms with Gasteiger partial charge < -0.3 is 15.2 Å². The highest BCUT2D eigenvalue weighted by atomic mass is 35.5. The number of hydroxylamine groups is 1. The minimum Gasteiger partial charge on any atom is -0.480 e. The highest BCUT2D eigenvalue weighted by Crippen LogP contribution is 2.35. The second kappa shape index (κ2) is 7.87. The highest BCUT2D eigenvalue weighted by Gasteiger charge is 2.11. The number of aliphatic carboxylic acids is 1. The number of carbonyl (C=O) groups is 1. The van der Waals surface area contributed by atoms with Crippen molar-refractivity contribution >= 4 is 40.7 Å². The zero-order valence-corrected chi connectivity index (χ0v) is 13.6.